The number of anilines is 1. The smallest absolute Gasteiger partial charge is 0.186 e. The molecule has 0 aliphatic rings. The molecule has 0 bridgehead atoms. The molecule has 0 amide bonds. The van der Waals surface area contributed by atoms with Gasteiger partial charge in [-0.15, -0.1) is 0 Å². The summed E-state index contributed by atoms with van der Waals surface area (Å²) in [5.74, 6) is -1.35. The molecule has 2 N–H and O–H groups in total. The third kappa shape index (κ3) is 2.63. The minimum absolute atomic E-state index is 0.0175. The fourth-order valence-electron chi connectivity index (χ4n) is 0.940. The Balaban J connectivity index is 3.14. The van der Waals surface area contributed by atoms with E-state index >= 15 is 0 Å². The first kappa shape index (κ1) is 10.8. The Hall–Kier alpha value is -1.24. The molecular weight excluding hydrogens is 209 g/mol. The minimum atomic E-state index is -3.23. The van der Waals surface area contributed by atoms with Gasteiger partial charge in [0.15, 0.2) is 21.5 Å². The minimum Gasteiger partial charge on any atom is -0.381 e. The lowest BCUT2D eigenvalue weighted by molar-refractivity contribution is 0.593. The molecule has 14 heavy (non-hydrogen) atoms. The van der Waals surface area contributed by atoms with E-state index in [4.69, 9.17) is 5.73 Å². The molecule has 0 atom stereocenters. The first-order valence-corrected chi connectivity index (χ1v) is 5.82. The SMILES string of the molecule is Cc1nc(CS(C)(=O)=O)nc(N)c1F. The van der Waals surface area contributed by atoms with Gasteiger partial charge in [-0.05, 0) is 6.92 Å². The summed E-state index contributed by atoms with van der Waals surface area (Å²) >= 11 is 0. The van der Waals surface area contributed by atoms with E-state index in [9.17, 15) is 12.8 Å². The number of halogens is 1. The zero-order chi connectivity index (χ0) is 10.9. The maximum atomic E-state index is 12.9. The van der Waals surface area contributed by atoms with Gasteiger partial charge in [0.2, 0.25) is 0 Å². The lowest BCUT2D eigenvalue weighted by atomic mass is 10.4. The molecule has 0 aliphatic carbocycles. The molecule has 7 heteroatoms. The number of aryl methyl sites for hydroxylation is 1. The lowest BCUT2D eigenvalue weighted by Gasteiger charge is -2.03. The number of hydrogen-bond acceptors (Lipinski definition) is 5. The number of aromatic nitrogens is 2. The zero-order valence-electron chi connectivity index (χ0n) is 7.78. The molecule has 0 unspecified atom stereocenters. The summed E-state index contributed by atoms with van der Waals surface area (Å²) in [6.45, 7) is 1.40. The molecule has 0 aromatic carbocycles. The average molecular weight is 219 g/mol. The van der Waals surface area contributed by atoms with Crippen molar-refractivity contribution in [2.24, 2.45) is 0 Å². The molecule has 0 saturated carbocycles. The second-order valence-corrected chi connectivity index (χ2v) is 5.13. The van der Waals surface area contributed by atoms with Crippen molar-refractivity contribution in [3.63, 3.8) is 0 Å². The molecule has 1 rings (SSSR count). The van der Waals surface area contributed by atoms with Gasteiger partial charge in [-0.1, -0.05) is 0 Å². The van der Waals surface area contributed by atoms with Crippen LogP contribution < -0.4 is 5.73 Å². The van der Waals surface area contributed by atoms with Crippen LogP contribution in [0.4, 0.5) is 10.2 Å². The van der Waals surface area contributed by atoms with Crippen LogP contribution >= 0.6 is 0 Å². The summed E-state index contributed by atoms with van der Waals surface area (Å²) in [7, 11) is -3.23. The number of nitrogen functional groups attached to an aromatic ring is 1. The summed E-state index contributed by atoms with van der Waals surface area (Å²) in [4.78, 5) is 7.21. The van der Waals surface area contributed by atoms with Crippen LogP contribution in [0.25, 0.3) is 0 Å². The molecule has 5 nitrogen and oxygen atoms in total. The van der Waals surface area contributed by atoms with Crippen molar-refractivity contribution in [1.82, 2.24) is 9.97 Å². The molecule has 0 fully saturated rings. The molecule has 1 aromatic rings. The van der Waals surface area contributed by atoms with Gasteiger partial charge < -0.3 is 5.73 Å². The molecule has 78 valence electrons. The van der Waals surface area contributed by atoms with Crippen LogP contribution in [0.15, 0.2) is 0 Å². The Morgan fingerprint density at radius 2 is 2.00 bits per heavy atom. The number of nitrogens with zero attached hydrogens (tertiary/aromatic N) is 2. The molecule has 0 saturated heterocycles. The quantitative estimate of drug-likeness (QED) is 0.759. The summed E-state index contributed by atoms with van der Waals surface area (Å²) in [5, 5.41) is 0. The van der Waals surface area contributed by atoms with E-state index in [1.807, 2.05) is 0 Å². The third-order valence-corrected chi connectivity index (χ3v) is 2.26. The van der Waals surface area contributed by atoms with Gasteiger partial charge in [0.25, 0.3) is 0 Å². The average Bonchev–Trinajstić information content (AvgIpc) is 1.96. The highest BCUT2D eigenvalue weighted by Gasteiger charge is 2.12. The summed E-state index contributed by atoms with van der Waals surface area (Å²) in [6, 6.07) is 0. The highest BCUT2D eigenvalue weighted by atomic mass is 32.2. The molecule has 0 radical (unpaired) electrons. The standard InChI is InChI=1S/C7H10FN3O2S/c1-4-6(8)7(9)11-5(10-4)3-14(2,12)13/h3H2,1-2H3,(H2,9,10,11). The Kier molecular flexibility index (Phi) is 2.70. The lowest BCUT2D eigenvalue weighted by Crippen LogP contribution is -2.10. The van der Waals surface area contributed by atoms with Gasteiger partial charge in [-0.3, -0.25) is 0 Å². The van der Waals surface area contributed by atoms with Crippen molar-refractivity contribution < 1.29 is 12.8 Å². The highest BCUT2D eigenvalue weighted by Crippen LogP contribution is 2.11. The fraction of sp³-hybridized carbons (Fsp3) is 0.429. The molecule has 0 aliphatic heterocycles. The zero-order valence-corrected chi connectivity index (χ0v) is 8.60. The van der Waals surface area contributed by atoms with Gasteiger partial charge in [0, 0.05) is 6.26 Å². The number of rotatable bonds is 2. The van der Waals surface area contributed by atoms with E-state index in [0.29, 0.717) is 0 Å². The van der Waals surface area contributed by atoms with Crippen molar-refractivity contribution in [2.75, 3.05) is 12.0 Å². The van der Waals surface area contributed by atoms with Crippen LogP contribution in [0.2, 0.25) is 0 Å². The number of sulfone groups is 1. The van der Waals surface area contributed by atoms with Crippen molar-refractivity contribution in [3.05, 3.63) is 17.3 Å². The van der Waals surface area contributed by atoms with Crippen molar-refractivity contribution in [3.8, 4) is 0 Å². The van der Waals surface area contributed by atoms with E-state index in [0.717, 1.165) is 6.26 Å². The van der Waals surface area contributed by atoms with Crippen LogP contribution in [0, 0.1) is 12.7 Å². The van der Waals surface area contributed by atoms with E-state index in [-0.39, 0.29) is 23.1 Å². The number of hydrogen-bond donors (Lipinski definition) is 1. The van der Waals surface area contributed by atoms with Crippen LogP contribution in [0.3, 0.4) is 0 Å². The third-order valence-electron chi connectivity index (χ3n) is 1.48. The van der Waals surface area contributed by atoms with Gasteiger partial charge in [-0.25, -0.2) is 22.8 Å². The normalized spacial score (nSPS) is 11.6. The van der Waals surface area contributed by atoms with Crippen molar-refractivity contribution in [2.45, 2.75) is 12.7 Å². The second kappa shape index (κ2) is 3.49. The first-order chi connectivity index (χ1) is 6.29. The van der Waals surface area contributed by atoms with Gasteiger partial charge in [0.05, 0.1) is 5.69 Å². The van der Waals surface area contributed by atoms with Crippen LogP contribution in [-0.4, -0.2) is 24.6 Å². The fourth-order valence-corrected chi connectivity index (χ4v) is 1.54. The predicted molar refractivity (Wildman–Crippen MR) is 49.7 cm³/mol. The van der Waals surface area contributed by atoms with Gasteiger partial charge >= 0.3 is 0 Å². The number of nitrogens with two attached hydrogens (primary N) is 1. The van der Waals surface area contributed by atoms with E-state index in [2.05, 4.69) is 9.97 Å². The van der Waals surface area contributed by atoms with Crippen LogP contribution in [0.5, 0.6) is 0 Å². The molecular formula is C7H10FN3O2S. The molecule has 0 spiro atoms. The van der Waals surface area contributed by atoms with E-state index in [1.165, 1.54) is 6.92 Å². The van der Waals surface area contributed by atoms with Crippen molar-refractivity contribution in [1.29, 1.82) is 0 Å². The van der Waals surface area contributed by atoms with Crippen molar-refractivity contribution >= 4 is 15.7 Å². The molecule has 1 heterocycles. The predicted octanol–water partition coefficient (Wildman–Crippen LogP) is 0.0509. The Morgan fingerprint density at radius 1 is 1.43 bits per heavy atom. The van der Waals surface area contributed by atoms with E-state index in [1.54, 1.807) is 0 Å². The maximum absolute atomic E-state index is 12.9. The van der Waals surface area contributed by atoms with Crippen LogP contribution in [0.1, 0.15) is 11.5 Å². The monoisotopic (exact) mass is 219 g/mol. The topological polar surface area (TPSA) is 85.9 Å². The Labute approximate surface area is 81.1 Å². The summed E-state index contributed by atoms with van der Waals surface area (Å²) in [6.07, 6.45) is 1.05. The largest absolute Gasteiger partial charge is 0.381 e. The second-order valence-electron chi connectivity index (χ2n) is 2.99. The van der Waals surface area contributed by atoms with Crippen LogP contribution in [-0.2, 0) is 15.6 Å². The first-order valence-electron chi connectivity index (χ1n) is 3.76. The Morgan fingerprint density at radius 3 is 2.43 bits per heavy atom. The summed E-state index contributed by atoms with van der Waals surface area (Å²) in [5.41, 5.74) is 5.27. The highest BCUT2D eigenvalue weighted by molar-refractivity contribution is 7.89. The van der Waals surface area contributed by atoms with E-state index < -0.39 is 15.7 Å². The summed E-state index contributed by atoms with van der Waals surface area (Å²) < 4.78 is 34.7. The maximum Gasteiger partial charge on any atom is 0.186 e. The van der Waals surface area contributed by atoms with Gasteiger partial charge in [-0.2, -0.15) is 0 Å². The molecule has 1 aromatic heterocycles. The Bertz CT molecular complexity index is 435. The van der Waals surface area contributed by atoms with Gasteiger partial charge in [0.1, 0.15) is 11.6 Å².